The van der Waals surface area contributed by atoms with Crippen molar-refractivity contribution in [2.45, 2.75) is 19.3 Å². The number of amides is 2. The van der Waals surface area contributed by atoms with Crippen molar-refractivity contribution >= 4 is 52.2 Å². The van der Waals surface area contributed by atoms with Crippen LogP contribution in [-0.2, 0) is 9.59 Å². The summed E-state index contributed by atoms with van der Waals surface area (Å²) >= 11 is 6.05. The Bertz CT molecular complexity index is 439. The molecule has 0 spiro atoms. The largest absolute Gasteiger partial charge is 0.405 e. The number of benzene rings is 1. The Morgan fingerprint density at radius 3 is 2.26 bits per heavy atom. The van der Waals surface area contributed by atoms with Gasteiger partial charge in [-0.05, 0) is 49.6 Å². The van der Waals surface area contributed by atoms with Gasteiger partial charge >= 0.3 is 0 Å². The first kappa shape index (κ1) is 22.1. The highest BCUT2D eigenvalue weighted by Crippen LogP contribution is 2.20. The van der Waals surface area contributed by atoms with Gasteiger partial charge in [0, 0.05) is 24.5 Å². The molecule has 0 bridgehead atoms. The van der Waals surface area contributed by atoms with E-state index in [1.165, 1.54) is 4.31 Å². The van der Waals surface area contributed by atoms with Gasteiger partial charge in [0.1, 0.15) is 5.75 Å². The number of hydrogen-bond donors (Lipinski definition) is 1. The quantitative estimate of drug-likeness (QED) is 0.454. The normalized spacial score (nSPS) is 12.6. The molecule has 23 heavy (non-hydrogen) atoms. The van der Waals surface area contributed by atoms with Crippen LogP contribution >= 0.6 is 39.9 Å². The first-order valence-corrected chi connectivity index (χ1v) is 10.1. The molecule has 1 N–H and O–H groups in total. The lowest BCUT2D eigenvalue weighted by atomic mass is 10.2. The van der Waals surface area contributed by atoms with Crippen LogP contribution in [0.4, 0.5) is 0 Å². The maximum absolute atomic E-state index is 10.4. The molecule has 0 aromatic heterocycles. The molecule has 0 unspecified atom stereocenters. The number of thioether (sulfide) groups is 1. The summed E-state index contributed by atoms with van der Waals surface area (Å²) in [7, 11) is 1.62. The van der Waals surface area contributed by atoms with Crippen LogP contribution in [-0.4, -0.2) is 42.7 Å². The Kier molecular flexibility index (Phi) is 14.2. The second-order valence-electron chi connectivity index (χ2n) is 4.48. The van der Waals surface area contributed by atoms with Crippen LogP contribution in [0.2, 0.25) is 0 Å². The van der Waals surface area contributed by atoms with Crippen molar-refractivity contribution in [2.24, 2.45) is 0 Å². The molecule has 2 rings (SSSR count). The molecule has 1 aromatic carbocycles. The monoisotopic (exact) mass is 422 g/mol. The minimum Gasteiger partial charge on any atom is -0.405 e. The van der Waals surface area contributed by atoms with Crippen molar-refractivity contribution in [2.75, 3.05) is 26.1 Å². The molecule has 0 aliphatic carbocycles. The van der Waals surface area contributed by atoms with E-state index in [1.807, 2.05) is 36.8 Å². The maximum atomic E-state index is 10.4. The topological polar surface area (TPSA) is 58.6 Å². The third-order valence-electron chi connectivity index (χ3n) is 2.37. The lowest BCUT2D eigenvalue weighted by Crippen LogP contribution is -2.28. The summed E-state index contributed by atoms with van der Waals surface area (Å²) in [4.78, 5) is 20.5. The van der Waals surface area contributed by atoms with Gasteiger partial charge in [0.2, 0.25) is 12.3 Å². The average molecular weight is 423 g/mol. The van der Waals surface area contributed by atoms with E-state index in [0.717, 1.165) is 42.5 Å². The van der Waals surface area contributed by atoms with Gasteiger partial charge in [0.15, 0.2) is 12.2 Å². The molecule has 1 fully saturated rings. The van der Waals surface area contributed by atoms with E-state index >= 15 is 0 Å². The summed E-state index contributed by atoms with van der Waals surface area (Å²) in [5.74, 6) is 0.924. The molecule has 0 radical (unpaired) electrons. The number of hydrogen-bond acceptors (Lipinski definition) is 5. The van der Waals surface area contributed by atoms with Gasteiger partial charge in [-0.3, -0.25) is 13.9 Å². The molecule has 1 aromatic rings. The Labute approximate surface area is 155 Å². The zero-order valence-electron chi connectivity index (χ0n) is 13.6. The first-order valence-electron chi connectivity index (χ1n) is 6.98. The van der Waals surface area contributed by atoms with Crippen LogP contribution in [0.3, 0.4) is 0 Å². The van der Waals surface area contributed by atoms with Crippen molar-refractivity contribution in [1.29, 1.82) is 0 Å². The van der Waals surface area contributed by atoms with Crippen LogP contribution in [0.1, 0.15) is 19.3 Å². The smallest absolute Gasteiger partial charge is 0.221 e. The highest BCUT2D eigenvalue weighted by atomic mass is 79.9. The Morgan fingerprint density at radius 2 is 1.87 bits per heavy atom. The minimum absolute atomic E-state index is 0.214. The SMILES string of the molecule is CN(C=O)SOc1ccc(Br)cc1.CSC.O=C1CCCCN1. The fourth-order valence-electron chi connectivity index (χ4n) is 1.34. The van der Waals surface area contributed by atoms with Crippen molar-refractivity contribution in [1.82, 2.24) is 9.62 Å². The first-order chi connectivity index (χ1) is 11.0. The van der Waals surface area contributed by atoms with Gasteiger partial charge in [-0.1, -0.05) is 15.9 Å². The zero-order chi connectivity index (χ0) is 17.5. The van der Waals surface area contributed by atoms with Crippen molar-refractivity contribution in [3.8, 4) is 5.75 Å². The second kappa shape index (κ2) is 14.7. The van der Waals surface area contributed by atoms with Gasteiger partial charge in [-0.2, -0.15) is 11.8 Å². The van der Waals surface area contributed by atoms with Gasteiger partial charge in [-0.15, -0.1) is 0 Å². The summed E-state index contributed by atoms with van der Waals surface area (Å²) in [5, 5.41) is 2.74. The highest BCUT2D eigenvalue weighted by Gasteiger charge is 2.04. The fraction of sp³-hybridized carbons (Fsp3) is 0.467. The van der Waals surface area contributed by atoms with E-state index in [9.17, 15) is 9.59 Å². The van der Waals surface area contributed by atoms with Gasteiger partial charge < -0.3 is 9.50 Å². The molecule has 130 valence electrons. The lowest BCUT2D eigenvalue weighted by molar-refractivity contribution is -0.122. The Balaban J connectivity index is 0.000000404. The summed E-state index contributed by atoms with van der Waals surface area (Å²) in [6.45, 7) is 0.888. The third kappa shape index (κ3) is 13.3. The predicted octanol–water partition coefficient (Wildman–Crippen LogP) is 3.75. The Hall–Kier alpha value is -0.860. The number of nitrogens with one attached hydrogen (secondary N) is 1. The van der Waals surface area contributed by atoms with Crippen LogP contribution in [0.5, 0.6) is 5.75 Å². The average Bonchev–Trinajstić information content (AvgIpc) is 2.56. The van der Waals surface area contributed by atoms with Gasteiger partial charge in [0.25, 0.3) is 0 Å². The second-order valence-corrected chi connectivity index (χ2v) is 7.10. The van der Waals surface area contributed by atoms with E-state index in [2.05, 4.69) is 21.2 Å². The number of halogens is 1. The van der Waals surface area contributed by atoms with Gasteiger partial charge in [-0.25, -0.2) is 0 Å². The maximum Gasteiger partial charge on any atom is 0.221 e. The number of nitrogens with zero attached hydrogens (tertiary/aromatic N) is 1. The molecular weight excluding hydrogens is 400 g/mol. The lowest BCUT2D eigenvalue weighted by Gasteiger charge is -2.08. The standard InChI is InChI=1S/C8H8BrNO2S.C5H9NO.C2H6S/c1-10(6-11)13-12-8-4-2-7(9)3-5-8;7-5-3-1-2-4-6-5;1-3-2/h2-6H,1H3;1-4H2,(H,6,7);1-2H3. The van der Waals surface area contributed by atoms with Crippen LogP contribution in [0.15, 0.2) is 28.7 Å². The number of carbonyl (C=O) groups excluding carboxylic acids is 2. The van der Waals surface area contributed by atoms with Gasteiger partial charge in [0.05, 0.1) is 0 Å². The highest BCUT2D eigenvalue weighted by molar-refractivity contribution is 9.10. The third-order valence-corrected chi connectivity index (χ3v) is 3.48. The van der Waals surface area contributed by atoms with Crippen LogP contribution in [0.25, 0.3) is 0 Å². The number of carbonyl (C=O) groups is 2. The molecule has 2 amide bonds. The summed E-state index contributed by atoms with van der Waals surface area (Å²) in [6, 6.07) is 7.37. The summed E-state index contributed by atoms with van der Waals surface area (Å²) < 4.78 is 7.53. The molecular formula is C15H23BrN2O3S2. The van der Waals surface area contributed by atoms with E-state index in [4.69, 9.17) is 4.18 Å². The number of piperidine rings is 1. The summed E-state index contributed by atoms with van der Waals surface area (Å²) in [6.07, 6.45) is 7.74. The van der Waals surface area contributed by atoms with Crippen LogP contribution in [0, 0.1) is 0 Å². The number of rotatable bonds is 4. The molecule has 0 atom stereocenters. The van der Waals surface area contributed by atoms with E-state index in [1.54, 1.807) is 18.8 Å². The van der Waals surface area contributed by atoms with E-state index in [-0.39, 0.29) is 5.91 Å². The summed E-state index contributed by atoms with van der Waals surface area (Å²) in [5.41, 5.74) is 0. The molecule has 1 saturated heterocycles. The molecule has 5 nitrogen and oxygen atoms in total. The van der Waals surface area contributed by atoms with E-state index in [0.29, 0.717) is 12.2 Å². The Morgan fingerprint density at radius 1 is 1.26 bits per heavy atom. The van der Waals surface area contributed by atoms with Crippen molar-refractivity contribution in [3.63, 3.8) is 0 Å². The molecule has 8 heteroatoms. The molecule has 0 saturated carbocycles. The van der Waals surface area contributed by atoms with Crippen LogP contribution < -0.4 is 9.50 Å². The van der Waals surface area contributed by atoms with Crippen molar-refractivity contribution < 1.29 is 13.8 Å². The fourth-order valence-corrected chi connectivity index (χ4v) is 1.95. The molecule has 1 aliphatic rings. The van der Waals surface area contributed by atoms with E-state index < -0.39 is 0 Å². The minimum atomic E-state index is 0.214. The molecule has 1 aliphatic heterocycles. The van der Waals surface area contributed by atoms with Crippen molar-refractivity contribution in [3.05, 3.63) is 28.7 Å². The predicted molar refractivity (Wildman–Crippen MR) is 102 cm³/mol. The molecule has 1 heterocycles. The zero-order valence-corrected chi connectivity index (χ0v) is 16.8.